The van der Waals surface area contributed by atoms with Gasteiger partial charge in [0.25, 0.3) is 6.47 Å². The maximum absolute atomic E-state index is 12.8. The lowest BCUT2D eigenvalue weighted by Crippen LogP contribution is -2.49. The second-order valence-electron chi connectivity index (χ2n) is 14.1. The Morgan fingerprint density at radius 1 is 0.586 bits per heavy atom. The summed E-state index contributed by atoms with van der Waals surface area (Å²) in [6.07, 6.45) is -0.0643. The summed E-state index contributed by atoms with van der Waals surface area (Å²) in [6, 6.07) is 0. The van der Waals surface area contributed by atoms with Gasteiger partial charge in [-0.25, -0.2) is 0 Å². The largest absolute Gasteiger partial charge is 0.483 e. The normalized spacial score (nSPS) is 15.7. The smallest absolute Gasteiger partial charge is 0.317 e. The molecule has 338 valence electrons. The van der Waals surface area contributed by atoms with Gasteiger partial charge in [0.05, 0.1) is 38.3 Å². The minimum Gasteiger partial charge on any atom is -0.483 e. The lowest BCUT2D eigenvalue weighted by molar-refractivity contribution is -0.140. The molecule has 0 aliphatic carbocycles. The number of carboxylic acid groups (broad SMARTS) is 3. The average Bonchev–Trinajstić information content (AvgIpc) is 3.15. The zero-order chi connectivity index (χ0) is 44.3. The minimum absolute atomic E-state index is 0.00561. The van der Waals surface area contributed by atoms with Crippen molar-refractivity contribution in [2.24, 2.45) is 5.92 Å². The molecule has 2 unspecified atom stereocenters. The molecule has 1 aliphatic rings. The molecule has 58 heavy (non-hydrogen) atoms. The zero-order valence-corrected chi connectivity index (χ0v) is 35.5. The van der Waals surface area contributed by atoms with Gasteiger partial charge in [-0.2, -0.15) is 0 Å². The molecule has 9 N–H and O–H groups in total. The van der Waals surface area contributed by atoms with E-state index in [-0.39, 0.29) is 101 Å². The first-order valence-corrected chi connectivity index (χ1v) is 20.4. The lowest BCUT2D eigenvalue weighted by Gasteiger charge is -2.33. The summed E-state index contributed by atoms with van der Waals surface area (Å²) in [4.78, 5) is 88.0. The van der Waals surface area contributed by atoms with E-state index in [2.05, 4.69) is 40.0 Å². The first-order valence-electron chi connectivity index (χ1n) is 20.4. The van der Waals surface area contributed by atoms with Crippen LogP contribution < -0.4 is 21.3 Å². The Morgan fingerprint density at radius 2 is 0.983 bits per heavy atom. The standard InChI is InChI=1S/C35H66N8O10.C2H6.CH2O2/c1-4-40-14-16-41(18-19-43(26-35(52)53)21-20-42(17-15-40)25-34(50)51)24-33(49)39-13-12-38-31(47)8-7-30(46)37-11-9-28(44)22-29(45)23-32(48)36-10-5-6-27(2)3;1-2;2-1-3/h27-29,44-45H,4-26H2,1-3H3,(H,36,48)(H,37,46)(H,38,47)(H,39,49)(H,50,51)(H,52,53);1-2H3;1H,(H,2,3). The van der Waals surface area contributed by atoms with Crippen molar-refractivity contribution >= 4 is 42.0 Å². The molecule has 20 heteroatoms. The molecule has 0 aromatic carbocycles. The maximum atomic E-state index is 12.8. The molecule has 1 saturated heterocycles. The molecule has 0 saturated carbocycles. The number of carbonyl (C=O) groups excluding carboxylic acids is 4. The molecule has 4 amide bonds. The van der Waals surface area contributed by atoms with Gasteiger partial charge < -0.3 is 51.7 Å². The van der Waals surface area contributed by atoms with Crippen LogP contribution in [0.4, 0.5) is 0 Å². The summed E-state index contributed by atoms with van der Waals surface area (Å²) in [7, 11) is 0. The summed E-state index contributed by atoms with van der Waals surface area (Å²) < 4.78 is 0. The Bertz CT molecular complexity index is 1170. The van der Waals surface area contributed by atoms with Gasteiger partial charge in [-0.1, -0.05) is 34.6 Å². The number of carboxylic acids is 2. The van der Waals surface area contributed by atoms with E-state index in [4.69, 9.17) is 9.90 Å². The number of rotatable bonds is 24. The van der Waals surface area contributed by atoms with Crippen molar-refractivity contribution in [1.82, 2.24) is 40.9 Å². The van der Waals surface area contributed by atoms with Gasteiger partial charge in [0.2, 0.25) is 23.6 Å². The molecule has 20 nitrogen and oxygen atoms in total. The van der Waals surface area contributed by atoms with Crippen molar-refractivity contribution in [2.75, 3.05) is 105 Å². The number of aliphatic hydroxyl groups excluding tert-OH is 2. The van der Waals surface area contributed by atoms with Crippen molar-refractivity contribution < 1.29 is 59.1 Å². The van der Waals surface area contributed by atoms with E-state index in [1.165, 1.54) is 0 Å². The van der Waals surface area contributed by atoms with E-state index in [9.17, 15) is 49.2 Å². The van der Waals surface area contributed by atoms with E-state index in [0.717, 1.165) is 19.4 Å². The highest BCUT2D eigenvalue weighted by molar-refractivity contribution is 5.83. The highest BCUT2D eigenvalue weighted by Crippen LogP contribution is 2.07. The number of likely N-dealkylation sites (N-methyl/N-ethyl adjacent to an activating group) is 1. The van der Waals surface area contributed by atoms with Gasteiger partial charge in [0.15, 0.2) is 0 Å². The van der Waals surface area contributed by atoms with Gasteiger partial charge in [-0.3, -0.25) is 48.3 Å². The molecule has 0 aromatic rings. The molecule has 1 fully saturated rings. The third-order valence-electron chi connectivity index (χ3n) is 8.86. The van der Waals surface area contributed by atoms with Crippen molar-refractivity contribution in [3.63, 3.8) is 0 Å². The molecular weight excluding hydrogens is 760 g/mol. The SMILES string of the molecule is CC.CCN1CCN(CC(=O)O)CCN(CC(=O)O)CCN(CC(=O)NCCNC(=O)CCC(=O)NCCC(O)CC(O)CC(=O)NCCCC(C)C)CC1.O=CO. The summed E-state index contributed by atoms with van der Waals surface area (Å²) >= 11 is 0. The second-order valence-corrected chi connectivity index (χ2v) is 14.1. The summed E-state index contributed by atoms with van der Waals surface area (Å²) in [5, 5.41) is 56.7. The monoisotopic (exact) mass is 835 g/mol. The van der Waals surface area contributed by atoms with Crippen LogP contribution in [0.25, 0.3) is 0 Å². The predicted molar refractivity (Wildman–Crippen MR) is 218 cm³/mol. The Balaban J connectivity index is 0. The summed E-state index contributed by atoms with van der Waals surface area (Å²) in [5.41, 5.74) is 0. The first kappa shape index (κ1) is 56.1. The van der Waals surface area contributed by atoms with Crippen molar-refractivity contribution in [3.05, 3.63) is 0 Å². The number of nitrogens with one attached hydrogen (secondary N) is 4. The van der Waals surface area contributed by atoms with Crippen molar-refractivity contribution in [2.45, 2.75) is 91.8 Å². The summed E-state index contributed by atoms with van der Waals surface area (Å²) in [6.45, 7) is 15.5. The fraction of sp³-hybridized carbons (Fsp3) is 0.816. The Morgan fingerprint density at radius 3 is 1.41 bits per heavy atom. The van der Waals surface area contributed by atoms with E-state index >= 15 is 0 Å². The molecule has 2 atom stereocenters. The first-order chi connectivity index (χ1) is 27.6. The van der Waals surface area contributed by atoms with Crippen LogP contribution in [-0.4, -0.2) is 204 Å². The van der Waals surface area contributed by atoms with E-state index < -0.39 is 24.1 Å². The van der Waals surface area contributed by atoms with Crippen LogP contribution in [-0.2, 0) is 33.6 Å². The number of carbonyl (C=O) groups is 7. The van der Waals surface area contributed by atoms with E-state index in [1.54, 1.807) is 4.90 Å². The van der Waals surface area contributed by atoms with Gasteiger partial charge >= 0.3 is 11.9 Å². The molecule has 0 bridgehead atoms. The average molecular weight is 835 g/mol. The number of aliphatic carboxylic acids is 2. The summed E-state index contributed by atoms with van der Waals surface area (Å²) in [5.74, 6) is -2.61. The van der Waals surface area contributed by atoms with Gasteiger partial charge in [-0.15, -0.1) is 0 Å². The molecule has 0 radical (unpaired) electrons. The third kappa shape index (κ3) is 34.1. The molecule has 1 rings (SSSR count). The second kappa shape index (κ2) is 36.2. The minimum atomic E-state index is -0.994. The molecule has 1 heterocycles. The van der Waals surface area contributed by atoms with Gasteiger partial charge in [0, 0.05) is 91.4 Å². The van der Waals surface area contributed by atoms with Crippen LogP contribution in [0, 0.1) is 5.92 Å². The number of amides is 4. The number of hydrogen-bond donors (Lipinski definition) is 9. The zero-order valence-electron chi connectivity index (χ0n) is 35.5. The number of aliphatic hydroxyl groups is 2. The van der Waals surface area contributed by atoms with Crippen molar-refractivity contribution in [3.8, 4) is 0 Å². The van der Waals surface area contributed by atoms with Crippen LogP contribution in [0.2, 0.25) is 0 Å². The Hall–Kier alpha value is -3.95. The van der Waals surface area contributed by atoms with Crippen LogP contribution in [0.1, 0.15) is 79.6 Å². The number of hydrogen-bond acceptors (Lipinski definition) is 13. The van der Waals surface area contributed by atoms with Crippen LogP contribution in [0.15, 0.2) is 0 Å². The maximum Gasteiger partial charge on any atom is 0.317 e. The molecule has 1 aliphatic heterocycles. The lowest BCUT2D eigenvalue weighted by atomic mass is 10.1. The van der Waals surface area contributed by atoms with Crippen LogP contribution in [0.3, 0.4) is 0 Å². The predicted octanol–water partition coefficient (Wildman–Crippen LogP) is -1.30. The van der Waals surface area contributed by atoms with E-state index in [1.807, 2.05) is 30.6 Å². The third-order valence-corrected chi connectivity index (χ3v) is 8.86. The fourth-order valence-corrected chi connectivity index (χ4v) is 5.74. The van der Waals surface area contributed by atoms with Crippen molar-refractivity contribution in [1.29, 1.82) is 0 Å². The Labute approximate surface area is 344 Å². The molecular formula is C38H74N8O12. The van der Waals surface area contributed by atoms with Gasteiger partial charge in [0.1, 0.15) is 0 Å². The fourth-order valence-electron chi connectivity index (χ4n) is 5.74. The van der Waals surface area contributed by atoms with Gasteiger partial charge in [-0.05, 0) is 38.1 Å². The highest BCUT2D eigenvalue weighted by atomic mass is 16.4. The highest BCUT2D eigenvalue weighted by Gasteiger charge is 2.20. The van der Waals surface area contributed by atoms with Crippen LogP contribution >= 0.6 is 0 Å². The van der Waals surface area contributed by atoms with E-state index in [0.29, 0.717) is 64.8 Å². The van der Waals surface area contributed by atoms with Crippen LogP contribution in [0.5, 0.6) is 0 Å². The molecule has 0 aromatic heterocycles. The quantitative estimate of drug-likeness (QED) is 0.0404. The molecule has 0 spiro atoms. The number of nitrogens with zero attached hydrogens (tertiary/aromatic N) is 4. The topological polar surface area (TPSA) is 282 Å². The Kier molecular flexibility index (Phi) is 35.0.